The zero-order chi connectivity index (χ0) is 6.41. The Bertz CT molecular complexity index is 77.7. The third-order valence-corrected chi connectivity index (χ3v) is 0.532. The quantitative estimate of drug-likeness (QED) is 0.150. The summed E-state index contributed by atoms with van der Waals surface area (Å²) in [7, 11) is 0. The highest BCUT2D eigenvalue weighted by atomic mass is 15.4. The van der Waals surface area contributed by atoms with Crippen LogP contribution in [0, 0.1) is 0 Å². The lowest BCUT2D eigenvalue weighted by Crippen LogP contribution is -2.42. The Labute approximate surface area is 48.1 Å². The van der Waals surface area contributed by atoms with Gasteiger partial charge in [0.1, 0.15) is 0 Å². The number of hydrogen-bond acceptors (Lipinski definition) is 3. The first-order valence-corrected chi connectivity index (χ1v) is 2.33. The molecule has 0 atom stereocenters. The van der Waals surface area contributed by atoms with E-state index in [9.17, 15) is 0 Å². The van der Waals surface area contributed by atoms with E-state index in [0.29, 0.717) is 0 Å². The molecule has 0 unspecified atom stereocenters. The second-order valence-electron chi connectivity index (χ2n) is 1.17. The molecule has 0 saturated heterocycles. The van der Waals surface area contributed by atoms with Gasteiger partial charge >= 0.3 is 0 Å². The van der Waals surface area contributed by atoms with Crippen molar-refractivity contribution in [1.82, 2.24) is 10.9 Å². The summed E-state index contributed by atoms with van der Waals surface area (Å²) in [4.78, 5) is 0. The topological polar surface area (TPSA) is 88.5 Å². The Morgan fingerprint density at radius 2 is 2.38 bits per heavy atom. The van der Waals surface area contributed by atoms with Crippen LogP contribution in [0.15, 0.2) is 5.10 Å². The maximum Gasteiger partial charge on any atom is 0.225 e. The van der Waals surface area contributed by atoms with Crippen LogP contribution in [0.3, 0.4) is 0 Å². The summed E-state index contributed by atoms with van der Waals surface area (Å²) < 4.78 is 0. The van der Waals surface area contributed by atoms with E-state index in [1.807, 2.05) is 6.92 Å². The number of nitrogens with one attached hydrogen (secondary N) is 2. The molecule has 0 bridgehead atoms. The molecule has 0 aliphatic carbocycles. The molecule has 0 spiro atoms. The average molecular weight is 117 g/mol. The van der Waals surface area contributed by atoms with Gasteiger partial charge in [-0.3, -0.25) is 5.43 Å². The summed E-state index contributed by atoms with van der Waals surface area (Å²) in [5.74, 6) is 4.96. The summed E-state index contributed by atoms with van der Waals surface area (Å²) in [5.41, 5.74) is 10.4. The van der Waals surface area contributed by atoms with E-state index >= 15 is 0 Å². The first-order chi connectivity index (χ1) is 3.81. The Morgan fingerprint density at radius 3 is 2.75 bits per heavy atom. The van der Waals surface area contributed by atoms with E-state index in [1.165, 1.54) is 0 Å². The smallest absolute Gasteiger partial charge is 0.225 e. The highest BCUT2D eigenvalue weighted by molar-refractivity contribution is 5.76. The van der Waals surface area contributed by atoms with Gasteiger partial charge in [0.15, 0.2) is 0 Å². The lowest BCUT2D eigenvalue weighted by Gasteiger charge is -2.01. The molecule has 48 valence electrons. The second-order valence-corrected chi connectivity index (χ2v) is 1.17. The average Bonchev–Trinajstić information content (AvgIpc) is 1.83. The minimum absolute atomic E-state index is 0.187. The molecule has 0 rings (SSSR count). The third kappa shape index (κ3) is 3.23. The molecule has 0 fully saturated rings. The molecule has 0 aromatic carbocycles. The fourth-order valence-corrected chi connectivity index (χ4v) is 0.211. The lowest BCUT2D eigenvalue weighted by atomic mass is 10.8. The molecule has 0 amide bonds. The second kappa shape index (κ2) is 4.20. The summed E-state index contributed by atoms with van der Waals surface area (Å²) in [6.07, 6.45) is 0. The summed E-state index contributed by atoms with van der Waals surface area (Å²) in [6.45, 7) is 2.70. The summed E-state index contributed by atoms with van der Waals surface area (Å²) in [5, 5.41) is 3.15. The van der Waals surface area contributed by atoms with Gasteiger partial charge in [-0.2, -0.15) is 0 Å². The zero-order valence-corrected chi connectivity index (χ0v) is 4.81. The molecule has 0 aromatic rings. The Kier molecular flexibility index (Phi) is 3.69. The molecular formula is C3H11N5. The number of hydrazone groups is 1. The van der Waals surface area contributed by atoms with E-state index in [2.05, 4.69) is 16.0 Å². The van der Waals surface area contributed by atoms with Gasteiger partial charge in [0.2, 0.25) is 5.96 Å². The minimum Gasteiger partial charge on any atom is -0.367 e. The first-order valence-electron chi connectivity index (χ1n) is 2.33. The van der Waals surface area contributed by atoms with Gasteiger partial charge in [0, 0.05) is 6.54 Å². The van der Waals surface area contributed by atoms with Crippen LogP contribution in [-0.4, -0.2) is 12.5 Å². The molecule has 8 heavy (non-hydrogen) atoms. The lowest BCUT2D eigenvalue weighted by molar-refractivity contribution is 0.678. The number of nitrogens with two attached hydrogens (primary N) is 2. The van der Waals surface area contributed by atoms with Gasteiger partial charge < -0.3 is 11.6 Å². The molecular weight excluding hydrogens is 106 g/mol. The largest absolute Gasteiger partial charge is 0.367 e. The molecule has 0 saturated carbocycles. The fraction of sp³-hybridized carbons (Fsp3) is 0.667. The van der Waals surface area contributed by atoms with Crippen molar-refractivity contribution in [3.05, 3.63) is 0 Å². The van der Waals surface area contributed by atoms with Crippen molar-refractivity contribution < 1.29 is 0 Å². The number of hydrogen-bond donors (Lipinski definition) is 4. The van der Waals surface area contributed by atoms with Crippen molar-refractivity contribution in [2.75, 3.05) is 6.54 Å². The maximum atomic E-state index is 5.11. The molecule has 5 nitrogen and oxygen atoms in total. The molecule has 0 radical (unpaired) electrons. The van der Waals surface area contributed by atoms with Crippen LogP contribution in [0.1, 0.15) is 6.92 Å². The highest BCUT2D eigenvalue weighted by Gasteiger charge is 1.81. The van der Waals surface area contributed by atoms with Crippen LogP contribution < -0.4 is 22.4 Å². The van der Waals surface area contributed by atoms with Crippen LogP contribution in [0.5, 0.6) is 0 Å². The maximum absolute atomic E-state index is 5.11. The fourth-order valence-electron chi connectivity index (χ4n) is 0.211. The van der Waals surface area contributed by atoms with Crippen molar-refractivity contribution in [2.24, 2.45) is 16.7 Å². The molecule has 0 aliphatic rings. The van der Waals surface area contributed by atoms with E-state index in [-0.39, 0.29) is 5.96 Å². The van der Waals surface area contributed by atoms with Gasteiger partial charge in [0.25, 0.3) is 0 Å². The van der Waals surface area contributed by atoms with E-state index < -0.39 is 0 Å². The van der Waals surface area contributed by atoms with Gasteiger partial charge in [-0.15, -0.1) is 5.10 Å². The molecule has 0 aromatic heterocycles. The predicted molar refractivity (Wildman–Crippen MR) is 32.6 cm³/mol. The SMILES string of the molecule is CCNN/C(N)=N/N. The third-order valence-electron chi connectivity index (χ3n) is 0.532. The van der Waals surface area contributed by atoms with Gasteiger partial charge in [-0.25, -0.2) is 5.43 Å². The summed E-state index contributed by atoms with van der Waals surface area (Å²) >= 11 is 0. The van der Waals surface area contributed by atoms with Gasteiger partial charge in [-0.05, 0) is 0 Å². The Hall–Kier alpha value is -0.970. The predicted octanol–water partition coefficient (Wildman–Crippen LogP) is -1.71. The van der Waals surface area contributed by atoms with Gasteiger partial charge in [0.05, 0.1) is 0 Å². The van der Waals surface area contributed by atoms with Crippen LogP contribution in [0.25, 0.3) is 0 Å². The number of hydrazine groups is 1. The van der Waals surface area contributed by atoms with E-state index in [4.69, 9.17) is 11.6 Å². The molecule has 0 heterocycles. The minimum atomic E-state index is 0.187. The van der Waals surface area contributed by atoms with Crippen molar-refractivity contribution in [2.45, 2.75) is 6.92 Å². The van der Waals surface area contributed by atoms with Crippen molar-refractivity contribution in [3.8, 4) is 0 Å². The van der Waals surface area contributed by atoms with E-state index in [0.717, 1.165) is 6.54 Å². The highest BCUT2D eigenvalue weighted by Crippen LogP contribution is 1.48. The van der Waals surface area contributed by atoms with Crippen LogP contribution >= 0.6 is 0 Å². The first kappa shape index (κ1) is 7.03. The number of rotatable bonds is 2. The summed E-state index contributed by atoms with van der Waals surface area (Å²) in [6, 6.07) is 0. The van der Waals surface area contributed by atoms with Crippen molar-refractivity contribution in [1.29, 1.82) is 0 Å². The monoisotopic (exact) mass is 117 g/mol. The standard InChI is InChI=1S/C3H11N5/c1-2-6-8-3(4)7-5/h6H,2,5H2,1H3,(H3,4,7,8). The van der Waals surface area contributed by atoms with Crippen molar-refractivity contribution in [3.63, 3.8) is 0 Å². The van der Waals surface area contributed by atoms with E-state index in [1.54, 1.807) is 0 Å². The van der Waals surface area contributed by atoms with Crippen molar-refractivity contribution >= 4 is 5.96 Å². The van der Waals surface area contributed by atoms with Crippen LogP contribution in [-0.2, 0) is 0 Å². The number of guanidine groups is 1. The zero-order valence-electron chi connectivity index (χ0n) is 4.81. The normalized spacial score (nSPS) is 11.4. The molecule has 0 aliphatic heterocycles. The molecule has 6 N–H and O–H groups in total. The molecule has 5 heteroatoms. The van der Waals surface area contributed by atoms with Crippen LogP contribution in [0.2, 0.25) is 0 Å². The Balaban J connectivity index is 3.12. The Morgan fingerprint density at radius 1 is 1.75 bits per heavy atom. The van der Waals surface area contributed by atoms with Gasteiger partial charge in [-0.1, -0.05) is 6.92 Å². The van der Waals surface area contributed by atoms with Crippen LogP contribution in [0.4, 0.5) is 0 Å². The number of nitrogens with zero attached hydrogens (tertiary/aromatic N) is 1.